The Kier molecular flexibility index (Phi) is 4.41. The van der Waals surface area contributed by atoms with Gasteiger partial charge in [-0.05, 0) is 36.7 Å². The first-order valence-electron chi connectivity index (χ1n) is 7.08. The van der Waals surface area contributed by atoms with Crippen molar-refractivity contribution in [1.82, 2.24) is 5.32 Å². The highest BCUT2D eigenvalue weighted by Crippen LogP contribution is 2.36. The normalized spacial score (nSPS) is 24.1. The van der Waals surface area contributed by atoms with Crippen LogP contribution >= 0.6 is 0 Å². The number of nitrogens with one attached hydrogen (secondary N) is 1. The molecule has 3 N–H and O–H groups in total. The highest BCUT2D eigenvalue weighted by atomic mass is 14.9. The fourth-order valence-electron chi connectivity index (χ4n) is 2.92. The summed E-state index contributed by atoms with van der Waals surface area (Å²) in [7, 11) is 0. The van der Waals surface area contributed by atoms with Crippen molar-refractivity contribution in [3.05, 3.63) is 35.9 Å². The molecule has 0 aromatic heterocycles. The summed E-state index contributed by atoms with van der Waals surface area (Å²) in [5.41, 5.74) is 8.04. The first kappa shape index (κ1) is 13.6. The maximum atomic E-state index is 6.19. The van der Waals surface area contributed by atoms with Crippen LogP contribution < -0.4 is 11.1 Å². The standard InChI is InChI=1S/C16H26N2/c1-16(2)9-8-15(11-16)18-12-14(17)10-13-6-4-3-5-7-13/h3-7,14-15,18H,8-12,17H2,1-2H3/t14-,15?/m1/s1. The van der Waals surface area contributed by atoms with Gasteiger partial charge >= 0.3 is 0 Å². The minimum absolute atomic E-state index is 0.219. The molecule has 0 amide bonds. The zero-order valence-corrected chi connectivity index (χ0v) is 11.7. The molecule has 18 heavy (non-hydrogen) atoms. The molecule has 1 unspecified atom stereocenters. The zero-order chi connectivity index (χ0) is 13.0. The van der Waals surface area contributed by atoms with Crippen molar-refractivity contribution >= 4 is 0 Å². The summed E-state index contributed by atoms with van der Waals surface area (Å²) < 4.78 is 0. The van der Waals surface area contributed by atoms with Crippen LogP contribution in [0.3, 0.4) is 0 Å². The second-order valence-corrected chi connectivity index (χ2v) is 6.46. The smallest absolute Gasteiger partial charge is 0.0206 e. The first-order chi connectivity index (χ1) is 8.55. The zero-order valence-electron chi connectivity index (χ0n) is 11.7. The summed E-state index contributed by atoms with van der Waals surface area (Å²) >= 11 is 0. The molecule has 100 valence electrons. The van der Waals surface area contributed by atoms with Crippen LogP contribution in [0, 0.1) is 5.41 Å². The summed E-state index contributed by atoms with van der Waals surface area (Å²) in [4.78, 5) is 0. The maximum absolute atomic E-state index is 6.19. The van der Waals surface area contributed by atoms with E-state index in [9.17, 15) is 0 Å². The average molecular weight is 246 g/mol. The molecule has 2 rings (SSSR count). The van der Waals surface area contributed by atoms with E-state index in [1.165, 1.54) is 24.8 Å². The third kappa shape index (κ3) is 4.11. The lowest BCUT2D eigenvalue weighted by Crippen LogP contribution is -2.40. The molecule has 0 bridgehead atoms. The van der Waals surface area contributed by atoms with Gasteiger partial charge in [-0.25, -0.2) is 0 Å². The van der Waals surface area contributed by atoms with Gasteiger partial charge in [0.05, 0.1) is 0 Å². The van der Waals surface area contributed by atoms with Crippen molar-refractivity contribution in [2.24, 2.45) is 11.1 Å². The fraction of sp³-hybridized carbons (Fsp3) is 0.625. The predicted molar refractivity (Wildman–Crippen MR) is 77.5 cm³/mol. The summed E-state index contributed by atoms with van der Waals surface area (Å²) in [6.07, 6.45) is 4.87. The fourth-order valence-corrected chi connectivity index (χ4v) is 2.92. The summed E-state index contributed by atoms with van der Waals surface area (Å²) in [5.74, 6) is 0. The van der Waals surface area contributed by atoms with Crippen LogP contribution in [0.4, 0.5) is 0 Å². The Morgan fingerprint density at radius 1 is 1.33 bits per heavy atom. The third-order valence-corrected chi connectivity index (χ3v) is 3.98. The summed E-state index contributed by atoms with van der Waals surface area (Å²) in [6, 6.07) is 11.4. The Balaban J connectivity index is 1.71. The molecule has 0 radical (unpaired) electrons. The van der Waals surface area contributed by atoms with Gasteiger partial charge in [-0.1, -0.05) is 44.2 Å². The number of nitrogens with two attached hydrogens (primary N) is 1. The predicted octanol–water partition coefficient (Wildman–Crippen LogP) is 2.72. The van der Waals surface area contributed by atoms with E-state index in [4.69, 9.17) is 5.73 Å². The molecule has 1 aromatic rings. The molecule has 0 saturated heterocycles. The second-order valence-electron chi connectivity index (χ2n) is 6.46. The van der Waals surface area contributed by atoms with Gasteiger partial charge in [0.2, 0.25) is 0 Å². The highest BCUT2D eigenvalue weighted by Gasteiger charge is 2.30. The molecule has 1 aliphatic carbocycles. The van der Waals surface area contributed by atoms with Crippen LogP contribution in [0.25, 0.3) is 0 Å². The molecule has 1 fully saturated rings. The number of benzene rings is 1. The van der Waals surface area contributed by atoms with Crippen LogP contribution in [0.2, 0.25) is 0 Å². The molecule has 2 nitrogen and oxygen atoms in total. The van der Waals surface area contributed by atoms with Gasteiger partial charge < -0.3 is 11.1 Å². The van der Waals surface area contributed by atoms with Crippen molar-refractivity contribution in [3.63, 3.8) is 0 Å². The van der Waals surface area contributed by atoms with Gasteiger partial charge in [-0.15, -0.1) is 0 Å². The molecule has 2 atom stereocenters. The minimum atomic E-state index is 0.219. The topological polar surface area (TPSA) is 38.0 Å². The number of hydrogen-bond acceptors (Lipinski definition) is 2. The molecule has 2 heteroatoms. The Labute approximate surface area is 111 Å². The minimum Gasteiger partial charge on any atom is -0.326 e. The van der Waals surface area contributed by atoms with Crippen molar-refractivity contribution in [2.75, 3.05) is 6.54 Å². The van der Waals surface area contributed by atoms with E-state index < -0.39 is 0 Å². The molecular weight excluding hydrogens is 220 g/mol. The van der Waals surface area contributed by atoms with Gasteiger partial charge in [-0.2, -0.15) is 0 Å². The first-order valence-corrected chi connectivity index (χ1v) is 7.08. The lowest BCUT2D eigenvalue weighted by Gasteiger charge is -2.20. The van der Waals surface area contributed by atoms with Gasteiger partial charge in [-0.3, -0.25) is 0 Å². The van der Waals surface area contributed by atoms with Crippen molar-refractivity contribution in [2.45, 2.75) is 51.6 Å². The highest BCUT2D eigenvalue weighted by molar-refractivity contribution is 5.15. The monoisotopic (exact) mass is 246 g/mol. The average Bonchev–Trinajstić information content (AvgIpc) is 2.68. The Morgan fingerprint density at radius 2 is 2.06 bits per heavy atom. The quantitative estimate of drug-likeness (QED) is 0.838. The second kappa shape index (κ2) is 5.85. The number of rotatable bonds is 5. The van der Waals surface area contributed by atoms with Crippen LogP contribution in [-0.4, -0.2) is 18.6 Å². The lowest BCUT2D eigenvalue weighted by atomic mass is 9.92. The molecule has 0 heterocycles. The van der Waals surface area contributed by atoms with Gasteiger partial charge in [0.1, 0.15) is 0 Å². The van der Waals surface area contributed by atoms with E-state index in [2.05, 4.69) is 43.4 Å². The van der Waals surface area contributed by atoms with E-state index >= 15 is 0 Å². The Bertz CT molecular complexity index is 359. The Morgan fingerprint density at radius 3 is 2.67 bits per heavy atom. The molecule has 0 aliphatic heterocycles. The SMILES string of the molecule is CC1(C)CCC(NC[C@H](N)Cc2ccccc2)C1. The molecule has 0 spiro atoms. The van der Waals surface area contributed by atoms with Crippen molar-refractivity contribution in [1.29, 1.82) is 0 Å². The lowest BCUT2D eigenvalue weighted by molar-refractivity contribution is 0.362. The number of hydrogen-bond donors (Lipinski definition) is 2. The van der Waals surface area contributed by atoms with E-state index in [0.29, 0.717) is 11.5 Å². The Hall–Kier alpha value is -0.860. The van der Waals surface area contributed by atoms with Gasteiger partial charge in [0, 0.05) is 18.6 Å². The third-order valence-electron chi connectivity index (χ3n) is 3.98. The van der Waals surface area contributed by atoms with Crippen molar-refractivity contribution < 1.29 is 0 Å². The van der Waals surface area contributed by atoms with Crippen LogP contribution in [0.5, 0.6) is 0 Å². The molecule has 1 aromatic carbocycles. The largest absolute Gasteiger partial charge is 0.326 e. The van der Waals surface area contributed by atoms with Gasteiger partial charge in [0.15, 0.2) is 0 Å². The maximum Gasteiger partial charge on any atom is 0.0206 e. The van der Waals surface area contributed by atoms with Crippen LogP contribution in [-0.2, 0) is 6.42 Å². The van der Waals surface area contributed by atoms with E-state index in [1.54, 1.807) is 0 Å². The molecule has 1 aliphatic rings. The van der Waals surface area contributed by atoms with Gasteiger partial charge in [0.25, 0.3) is 0 Å². The van der Waals surface area contributed by atoms with E-state index in [0.717, 1.165) is 13.0 Å². The van der Waals surface area contributed by atoms with Crippen LogP contribution in [0.1, 0.15) is 38.7 Å². The molecular formula is C16H26N2. The van der Waals surface area contributed by atoms with Crippen molar-refractivity contribution in [3.8, 4) is 0 Å². The van der Waals surface area contributed by atoms with E-state index in [-0.39, 0.29) is 6.04 Å². The van der Waals surface area contributed by atoms with Crippen LogP contribution in [0.15, 0.2) is 30.3 Å². The summed E-state index contributed by atoms with van der Waals surface area (Å²) in [5, 5.41) is 3.63. The van der Waals surface area contributed by atoms with E-state index in [1.807, 2.05) is 6.07 Å². The summed E-state index contributed by atoms with van der Waals surface area (Å²) in [6.45, 7) is 5.65. The molecule has 1 saturated carbocycles.